The lowest BCUT2D eigenvalue weighted by Crippen LogP contribution is -2.53. The minimum Gasteiger partial charge on any atom is -0.465 e. The van der Waals surface area contributed by atoms with Crippen LogP contribution in [0, 0.1) is 5.92 Å². The van der Waals surface area contributed by atoms with Crippen LogP contribution in [0.15, 0.2) is 24.3 Å². The van der Waals surface area contributed by atoms with Gasteiger partial charge in [-0.2, -0.15) is 0 Å². The Bertz CT molecular complexity index is 665. The van der Waals surface area contributed by atoms with Crippen molar-refractivity contribution in [3.05, 3.63) is 29.8 Å². The van der Waals surface area contributed by atoms with Crippen molar-refractivity contribution < 1.29 is 14.7 Å². The molecular weight excluding hydrogens is 368 g/mol. The number of carbonyl (C=O) groups is 2. The van der Waals surface area contributed by atoms with Crippen LogP contribution in [-0.4, -0.2) is 53.3 Å². The van der Waals surface area contributed by atoms with E-state index in [1.165, 1.54) is 0 Å². The Morgan fingerprint density at radius 2 is 1.79 bits per heavy atom. The number of nitrogens with one attached hydrogen (secondary N) is 3. The fraction of sp³-hybridized carbons (Fsp3) is 0.636. The summed E-state index contributed by atoms with van der Waals surface area (Å²) < 4.78 is 0. The lowest BCUT2D eigenvalue weighted by atomic mass is 9.93. The van der Waals surface area contributed by atoms with Gasteiger partial charge in [-0.3, -0.25) is 0 Å². The van der Waals surface area contributed by atoms with Gasteiger partial charge in [-0.1, -0.05) is 26.0 Å². The van der Waals surface area contributed by atoms with E-state index in [9.17, 15) is 9.59 Å². The molecule has 1 aromatic rings. The van der Waals surface area contributed by atoms with Crippen LogP contribution >= 0.6 is 0 Å². The second-order valence-electron chi connectivity index (χ2n) is 9.00. The molecule has 1 saturated heterocycles. The number of anilines is 1. The standard InChI is InChI=1S/C22H36N4O3/c1-16(2)15-22(3,4)25-20(27)26-13-10-19(11-14-26)24-18-7-5-17(6-8-18)9-12-23-21(28)29/h5-8,16,19,23-24H,9-15H2,1-4H3,(H,25,27)(H,28,29). The van der Waals surface area contributed by atoms with Crippen LogP contribution in [0.4, 0.5) is 15.3 Å². The summed E-state index contributed by atoms with van der Waals surface area (Å²) in [4.78, 5) is 25.0. The van der Waals surface area contributed by atoms with E-state index in [2.05, 4.69) is 43.6 Å². The first-order valence-corrected chi connectivity index (χ1v) is 10.5. The second kappa shape index (κ2) is 10.4. The van der Waals surface area contributed by atoms with E-state index in [-0.39, 0.29) is 11.6 Å². The molecule has 1 aliphatic heterocycles. The molecule has 1 fully saturated rings. The molecule has 29 heavy (non-hydrogen) atoms. The van der Waals surface area contributed by atoms with Gasteiger partial charge in [0.15, 0.2) is 0 Å². The van der Waals surface area contributed by atoms with Gasteiger partial charge in [0.25, 0.3) is 0 Å². The van der Waals surface area contributed by atoms with E-state index in [1.54, 1.807) is 0 Å². The van der Waals surface area contributed by atoms with Crippen LogP contribution in [0.2, 0.25) is 0 Å². The number of hydrogen-bond donors (Lipinski definition) is 4. The highest BCUT2D eigenvalue weighted by atomic mass is 16.4. The average molecular weight is 405 g/mol. The van der Waals surface area contributed by atoms with E-state index >= 15 is 0 Å². The van der Waals surface area contributed by atoms with Gasteiger partial charge in [-0.05, 0) is 63.1 Å². The van der Waals surface area contributed by atoms with E-state index in [1.807, 2.05) is 29.2 Å². The van der Waals surface area contributed by atoms with Crippen molar-refractivity contribution in [3.8, 4) is 0 Å². The molecule has 0 aliphatic carbocycles. The number of amides is 3. The van der Waals surface area contributed by atoms with Crippen molar-refractivity contribution in [1.82, 2.24) is 15.5 Å². The highest BCUT2D eigenvalue weighted by Gasteiger charge is 2.27. The number of benzene rings is 1. The van der Waals surface area contributed by atoms with Crippen LogP contribution in [0.25, 0.3) is 0 Å². The second-order valence-corrected chi connectivity index (χ2v) is 9.00. The van der Waals surface area contributed by atoms with Gasteiger partial charge in [0.1, 0.15) is 0 Å². The number of hydrogen-bond acceptors (Lipinski definition) is 3. The molecule has 0 aromatic heterocycles. The molecule has 0 bridgehead atoms. The molecule has 7 nitrogen and oxygen atoms in total. The largest absolute Gasteiger partial charge is 0.465 e. The predicted octanol–water partition coefficient (Wildman–Crippen LogP) is 3.91. The summed E-state index contributed by atoms with van der Waals surface area (Å²) in [6.45, 7) is 10.4. The summed E-state index contributed by atoms with van der Waals surface area (Å²) in [5, 5.41) is 17.7. The maximum atomic E-state index is 12.6. The lowest BCUT2D eigenvalue weighted by Gasteiger charge is -2.36. The van der Waals surface area contributed by atoms with Crippen LogP contribution in [0.3, 0.4) is 0 Å². The summed E-state index contributed by atoms with van der Waals surface area (Å²) in [6.07, 6.45) is 2.48. The Morgan fingerprint density at radius 3 is 2.34 bits per heavy atom. The number of urea groups is 1. The van der Waals surface area contributed by atoms with Crippen molar-refractivity contribution in [1.29, 1.82) is 0 Å². The number of carboxylic acid groups (broad SMARTS) is 1. The Labute approximate surface area is 174 Å². The summed E-state index contributed by atoms with van der Waals surface area (Å²) in [5.41, 5.74) is 1.96. The van der Waals surface area contributed by atoms with Crippen molar-refractivity contribution >= 4 is 17.8 Å². The van der Waals surface area contributed by atoms with Crippen LogP contribution < -0.4 is 16.0 Å². The Morgan fingerprint density at radius 1 is 1.17 bits per heavy atom. The zero-order chi connectivity index (χ0) is 21.4. The zero-order valence-corrected chi connectivity index (χ0v) is 18.1. The molecule has 7 heteroatoms. The van der Waals surface area contributed by atoms with E-state index in [0.717, 1.165) is 43.6 Å². The molecular formula is C22H36N4O3. The number of piperidine rings is 1. The highest BCUT2D eigenvalue weighted by Crippen LogP contribution is 2.20. The monoisotopic (exact) mass is 404 g/mol. The highest BCUT2D eigenvalue weighted by molar-refractivity contribution is 5.75. The van der Waals surface area contributed by atoms with Gasteiger partial charge in [0, 0.05) is 36.9 Å². The molecule has 0 radical (unpaired) electrons. The first kappa shape index (κ1) is 22.8. The SMILES string of the molecule is CC(C)CC(C)(C)NC(=O)N1CCC(Nc2ccc(CCNC(=O)O)cc2)CC1. The minimum absolute atomic E-state index is 0.0356. The van der Waals surface area contributed by atoms with Gasteiger partial charge < -0.3 is 26.0 Å². The van der Waals surface area contributed by atoms with Gasteiger partial charge in [0.05, 0.1) is 0 Å². The van der Waals surface area contributed by atoms with Crippen molar-refractivity contribution in [2.24, 2.45) is 5.92 Å². The summed E-state index contributed by atoms with van der Waals surface area (Å²) in [7, 11) is 0. The number of carbonyl (C=O) groups excluding carboxylic acids is 1. The normalized spacial score (nSPS) is 15.3. The van der Waals surface area contributed by atoms with Crippen molar-refractivity contribution in [2.75, 3.05) is 25.0 Å². The molecule has 1 aromatic carbocycles. The van der Waals surface area contributed by atoms with Crippen LogP contribution in [-0.2, 0) is 6.42 Å². The van der Waals surface area contributed by atoms with Crippen molar-refractivity contribution in [3.63, 3.8) is 0 Å². The van der Waals surface area contributed by atoms with Gasteiger partial charge in [0.2, 0.25) is 0 Å². The maximum absolute atomic E-state index is 12.6. The topological polar surface area (TPSA) is 93.7 Å². The molecule has 1 aliphatic rings. The molecule has 0 unspecified atom stereocenters. The molecule has 3 amide bonds. The third-order valence-corrected chi connectivity index (χ3v) is 5.16. The molecule has 0 spiro atoms. The smallest absolute Gasteiger partial charge is 0.404 e. The van der Waals surface area contributed by atoms with E-state index < -0.39 is 6.09 Å². The quantitative estimate of drug-likeness (QED) is 0.528. The van der Waals surface area contributed by atoms with E-state index in [4.69, 9.17) is 5.11 Å². The summed E-state index contributed by atoms with van der Waals surface area (Å²) in [6, 6.07) is 8.49. The Hall–Kier alpha value is -2.44. The number of rotatable bonds is 8. The lowest BCUT2D eigenvalue weighted by molar-refractivity contribution is 0.170. The number of nitrogens with zero attached hydrogens (tertiary/aromatic N) is 1. The fourth-order valence-electron chi connectivity index (χ4n) is 3.98. The molecule has 4 N–H and O–H groups in total. The first-order valence-electron chi connectivity index (χ1n) is 10.5. The average Bonchev–Trinajstić information content (AvgIpc) is 2.62. The molecule has 0 atom stereocenters. The summed E-state index contributed by atoms with van der Waals surface area (Å²) in [5.74, 6) is 0.542. The van der Waals surface area contributed by atoms with Crippen LogP contribution in [0.5, 0.6) is 0 Å². The fourth-order valence-corrected chi connectivity index (χ4v) is 3.98. The molecule has 162 valence electrons. The number of likely N-dealkylation sites (tertiary alicyclic amines) is 1. The predicted molar refractivity (Wildman–Crippen MR) is 116 cm³/mol. The molecule has 1 heterocycles. The van der Waals surface area contributed by atoms with Gasteiger partial charge in [-0.25, -0.2) is 9.59 Å². The van der Waals surface area contributed by atoms with Crippen LogP contribution in [0.1, 0.15) is 52.5 Å². The maximum Gasteiger partial charge on any atom is 0.404 e. The Kier molecular flexibility index (Phi) is 8.17. The van der Waals surface area contributed by atoms with Crippen molar-refractivity contribution in [2.45, 2.75) is 65.0 Å². The summed E-state index contributed by atoms with van der Waals surface area (Å²) >= 11 is 0. The van der Waals surface area contributed by atoms with Gasteiger partial charge in [-0.15, -0.1) is 0 Å². The third-order valence-electron chi connectivity index (χ3n) is 5.16. The third kappa shape index (κ3) is 8.21. The first-order chi connectivity index (χ1) is 13.6. The van der Waals surface area contributed by atoms with Gasteiger partial charge >= 0.3 is 12.1 Å². The Balaban J connectivity index is 1.75. The van der Waals surface area contributed by atoms with E-state index in [0.29, 0.717) is 24.9 Å². The zero-order valence-electron chi connectivity index (χ0n) is 18.1. The molecule has 0 saturated carbocycles. The molecule has 2 rings (SSSR count). The minimum atomic E-state index is -0.994.